The van der Waals surface area contributed by atoms with Crippen LogP contribution in [-0.2, 0) is 11.3 Å². The normalized spacial score (nSPS) is 15.5. The van der Waals surface area contributed by atoms with Gasteiger partial charge in [0.2, 0.25) is 5.91 Å². The Morgan fingerprint density at radius 1 is 1.09 bits per heavy atom. The number of thioether (sulfide) groups is 1. The Morgan fingerprint density at radius 3 is 2.62 bits per heavy atom. The van der Waals surface area contributed by atoms with Crippen molar-refractivity contribution < 1.29 is 4.79 Å². The van der Waals surface area contributed by atoms with Crippen molar-refractivity contribution in [3.8, 4) is 0 Å². The number of pyridine rings is 1. The molecular weight excluding hydrogens is 464 g/mol. The number of hydrogen-bond donors (Lipinski definition) is 0. The minimum absolute atomic E-state index is 0.0551. The zero-order valence-electron chi connectivity index (χ0n) is 19.3. The van der Waals surface area contributed by atoms with Gasteiger partial charge in [0.1, 0.15) is 9.53 Å². The number of likely N-dealkylation sites (tertiary alicyclic amines) is 1. The second-order valence-electron chi connectivity index (χ2n) is 8.84. The molecule has 1 aliphatic heterocycles. The molecule has 6 nitrogen and oxygen atoms in total. The lowest BCUT2D eigenvalue weighted by molar-refractivity contribution is -0.128. The van der Waals surface area contributed by atoms with Gasteiger partial charge in [-0.25, -0.2) is 9.97 Å². The summed E-state index contributed by atoms with van der Waals surface area (Å²) in [5.41, 5.74) is 1.80. The van der Waals surface area contributed by atoms with Gasteiger partial charge in [-0.15, -0.1) is 11.3 Å². The molecule has 4 aromatic rings. The fourth-order valence-corrected chi connectivity index (χ4v) is 6.45. The van der Waals surface area contributed by atoms with E-state index in [2.05, 4.69) is 24.0 Å². The van der Waals surface area contributed by atoms with Crippen LogP contribution in [0.3, 0.4) is 0 Å². The van der Waals surface area contributed by atoms with Gasteiger partial charge in [0.15, 0.2) is 5.16 Å². The van der Waals surface area contributed by atoms with Gasteiger partial charge in [-0.05, 0) is 36.5 Å². The van der Waals surface area contributed by atoms with Gasteiger partial charge in [0.25, 0.3) is 5.56 Å². The molecule has 34 heavy (non-hydrogen) atoms. The molecule has 5 rings (SSSR count). The first-order chi connectivity index (χ1) is 16.6. The van der Waals surface area contributed by atoms with Crippen molar-refractivity contribution in [1.82, 2.24) is 19.4 Å². The van der Waals surface area contributed by atoms with E-state index in [-0.39, 0.29) is 23.1 Å². The molecule has 4 heterocycles. The van der Waals surface area contributed by atoms with Crippen molar-refractivity contribution >= 4 is 49.4 Å². The van der Waals surface area contributed by atoms with Crippen molar-refractivity contribution in [2.24, 2.45) is 0 Å². The van der Waals surface area contributed by atoms with Gasteiger partial charge in [-0.2, -0.15) is 0 Å². The van der Waals surface area contributed by atoms with Crippen LogP contribution in [0.2, 0.25) is 0 Å². The van der Waals surface area contributed by atoms with Crippen LogP contribution in [0.15, 0.2) is 58.6 Å². The van der Waals surface area contributed by atoms with E-state index < -0.39 is 0 Å². The second kappa shape index (κ2) is 10.3. The number of amides is 1. The average molecular weight is 493 g/mol. The fourth-order valence-electron chi connectivity index (χ4n) is 4.51. The van der Waals surface area contributed by atoms with Crippen LogP contribution >= 0.6 is 23.1 Å². The van der Waals surface area contributed by atoms with Crippen molar-refractivity contribution in [2.45, 2.75) is 50.2 Å². The van der Waals surface area contributed by atoms with Gasteiger partial charge >= 0.3 is 0 Å². The lowest BCUT2D eigenvalue weighted by Crippen LogP contribution is -2.33. The van der Waals surface area contributed by atoms with Crippen LogP contribution < -0.4 is 5.56 Å². The molecule has 1 aliphatic rings. The third-order valence-electron chi connectivity index (χ3n) is 6.43. The van der Waals surface area contributed by atoms with Gasteiger partial charge in [-0.3, -0.25) is 14.2 Å². The van der Waals surface area contributed by atoms with E-state index in [0.717, 1.165) is 36.1 Å². The van der Waals surface area contributed by atoms with E-state index in [1.165, 1.54) is 41.5 Å². The smallest absolute Gasteiger partial charge is 0.272 e. The zero-order chi connectivity index (χ0) is 23.5. The number of nitrogens with zero attached hydrogens (tertiary/aromatic N) is 4. The van der Waals surface area contributed by atoms with E-state index in [4.69, 9.17) is 4.98 Å². The molecule has 176 valence electrons. The second-order valence-corrected chi connectivity index (χ2v) is 10.8. The topological polar surface area (TPSA) is 68.1 Å². The number of carbonyl (C=O) groups excluding carboxylic acids is 1. The molecule has 1 fully saturated rings. The minimum atomic E-state index is -0.0551. The lowest BCUT2D eigenvalue weighted by Gasteiger charge is -2.21. The Labute approximate surface area is 207 Å². The summed E-state index contributed by atoms with van der Waals surface area (Å²) in [5, 5.41) is 1.50. The molecule has 0 spiro atoms. The van der Waals surface area contributed by atoms with Gasteiger partial charge < -0.3 is 4.90 Å². The van der Waals surface area contributed by atoms with Crippen LogP contribution in [0, 0.1) is 0 Å². The quantitative estimate of drug-likeness (QED) is 0.270. The number of hydrogen-bond acceptors (Lipinski definition) is 6. The number of benzene rings is 1. The van der Waals surface area contributed by atoms with Gasteiger partial charge in [0, 0.05) is 31.2 Å². The predicted octanol–water partition coefficient (Wildman–Crippen LogP) is 5.30. The zero-order valence-corrected chi connectivity index (χ0v) is 20.9. The fraction of sp³-hybridized carbons (Fsp3) is 0.385. The molecule has 0 radical (unpaired) electrons. The molecule has 0 bridgehead atoms. The van der Waals surface area contributed by atoms with Crippen LogP contribution in [-0.4, -0.2) is 44.2 Å². The third-order valence-corrected chi connectivity index (χ3v) is 8.48. The highest BCUT2D eigenvalue weighted by Crippen LogP contribution is 2.31. The molecular formula is C26H28N4O2S2. The maximum atomic E-state index is 13.7. The first-order valence-corrected chi connectivity index (χ1v) is 13.7. The molecule has 1 atom stereocenters. The monoisotopic (exact) mass is 492 g/mol. The number of fused-ring (bicyclic) bond motifs is 3. The van der Waals surface area contributed by atoms with Crippen molar-refractivity contribution in [3.05, 3.63) is 64.6 Å². The first kappa shape index (κ1) is 23.1. The highest BCUT2D eigenvalue weighted by atomic mass is 32.2. The highest BCUT2D eigenvalue weighted by molar-refractivity contribution is 7.99. The first-order valence-electron chi connectivity index (χ1n) is 11.9. The standard InChI is InChI=1S/C26H28N4O2S2/c1-18(19-10-5-4-6-11-19)16-30-25(32)23-22(20-12-9-13-27-24(20)34-23)28-26(30)33-17-21(31)29-14-7-2-3-8-15-29/h4-6,9-13,18H,2-3,7-8,14-17H2,1H3/t18-/m0/s1. The SMILES string of the molecule is C[C@@H](Cn1c(SCC(=O)N2CCCCCC2)nc2c(sc3ncccc32)c1=O)c1ccccc1. The Hall–Kier alpha value is -2.71. The molecule has 1 amide bonds. The third kappa shape index (κ3) is 4.74. The maximum absolute atomic E-state index is 13.7. The minimum Gasteiger partial charge on any atom is -0.342 e. The van der Waals surface area contributed by atoms with Crippen LogP contribution in [0.25, 0.3) is 20.4 Å². The van der Waals surface area contributed by atoms with Crippen LogP contribution in [0.1, 0.15) is 44.1 Å². The largest absolute Gasteiger partial charge is 0.342 e. The number of thiophene rings is 1. The Morgan fingerprint density at radius 2 is 1.85 bits per heavy atom. The Balaban J connectivity index is 1.50. The molecule has 0 unspecified atom stereocenters. The molecule has 0 saturated carbocycles. The highest BCUT2D eigenvalue weighted by Gasteiger charge is 2.21. The molecule has 1 saturated heterocycles. The van der Waals surface area contributed by atoms with Crippen molar-refractivity contribution in [1.29, 1.82) is 0 Å². The van der Waals surface area contributed by atoms with E-state index >= 15 is 0 Å². The summed E-state index contributed by atoms with van der Waals surface area (Å²) in [6.07, 6.45) is 6.24. The summed E-state index contributed by atoms with van der Waals surface area (Å²) in [6, 6.07) is 14.0. The summed E-state index contributed by atoms with van der Waals surface area (Å²) < 4.78 is 2.38. The Bertz CT molecular complexity index is 1360. The molecule has 0 N–H and O–H groups in total. The summed E-state index contributed by atoms with van der Waals surface area (Å²) in [7, 11) is 0. The molecule has 8 heteroatoms. The maximum Gasteiger partial charge on any atom is 0.272 e. The van der Waals surface area contributed by atoms with E-state index in [1.807, 2.05) is 35.2 Å². The summed E-state index contributed by atoms with van der Waals surface area (Å²) in [6.45, 7) is 4.28. The number of rotatable bonds is 6. The summed E-state index contributed by atoms with van der Waals surface area (Å²) in [5.74, 6) is 0.546. The van der Waals surface area contributed by atoms with Gasteiger partial charge in [0.05, 0.1) is 11.3 Å². The molecule has 3 aromatic heterocycles. The molecule has 1 aromatic carbocycles. The van der Waals surface area contributed by atoms with Crippen molar-refractivity contribution in [2.75, 3.05) is 18.8 Å². The Kier molecular flexibility index (Phi) is 6.97. The summed E-state index contributed by atoms with van der Waals surface area (Å²) in [4.78, 5) is 38.8. The van der Waals surface area contributed by atoms with Crippen LogP contribution in [0.4, 0.5) is 0 Å². The van der Waals surface area contributed by atoms with Crippen molar-refractivity contribution in [3.63, 3.8) is 0 Å². The average Bonchev–Trinajstić information content (AvgIpc) is 3.03. The predicted molar refractivity (Wildman–Crippen MR) is 140 cm³/mol. The van der Waals surface area contributed by atoms with E-state index in [1.54, 1.807) is 10.8 Å². The lowest BCUT2D eigenvalue weighted by atomic mass is 10.0. The number of aromatic nitrogens is 3. The van der Waals surface area contributed by atoms with Crippen LogP contribution in [0.5, 0.6) is 0 Å². The number of carbonyl (C=O) groups is 1. The van der Waals surface area contributed by atoms with E-state index in [0.29, 0.717) is 21.9 Å². The van der Waals surface area contributed by atoms with E-state index in [9.17, 15) is 9.59 Å². The van der Waals surface area contributed by atoms with Gasteiger partial charge in [-0.1, -0.05) is 61.9 Å². The molecule has 0 aliphatic carbocycles. The summed E-state index contributed by atoms with van der Waals surface area (Å²) >= 11 is 2.77.